The summed E-state index contributed by atoms with van der Waals surface area (Å²) in [6, 6.07) is 9.73. The van der Waals surface area contributed by atoms with E-state index in [0.29, 0.717) is 35.8 Å². The number of nitriles is 1. The van der Waals surface area contributed by atoms with Gasteiger partial charge in [-0.3, -0.25) is 4.90 Å². The van der Waals surface area contributed by atoms with Crippen LogP contribution >= 0.6 is 0 Å². The number of benzene rings is 1. The van der Waals surface area contributed by atoms with Gasteiger partial charge in [0.1, 0.15) is 24.2 Å². The van der Waals surface area contributed by atoms with Crippen molar-refractivity contribution in [1.82, 2.24) is 24.8 Å². The molecular formula is C27H31FN8O. The van der Waals surface area contributed by atoms with Crippen LogP contribution in [0.15, 0.2) is 36.7 Å². The Morgan fingerprint density at radius 2 is 1.92 bits per heavy atom. The second kappa shape index (κ2) is 10.7. The predicted octanol–water partition coefficient (Wildman–Crippen LogP) is 3.65. The average Bonchev–Trinajstić information content (AvgIpc) is 2.91. The molecule has 0 saturated carbocycles. The molecule has 2 aromatic heterocycles. The summed E-state index contributed by atoms with van der Waals surface area (Å²) in [5.74, 6) is 0.753. The second-order valence-corrected chi connectivity index (χ2v) is 9.77. The van der Waals surface area contributed by atoms with Crippen LogP contribution in [0.4, 0.5) is 21.8 Å². The van der Waals surface area contributed by atoms with Crippen molar-refractivity contribution >= 4 is 17.5 Å². The van der Waals surface area contributed by atoms with E-state index in [-0.39, 0.29) is 17.7 Å². The lowest BCUT2D eigenvalue weighted by atomic mass is 10.0. The molecule has 192 valence electrons. The number of nitrogens with one attached hydrogen (secondary N) is 1. The summed E-state index contributed by atoms with van der Waals surface area (Å²) in [5.41, 5.74) is 2.84. The molecule has 1 fully saturated rings. The van der Waals surface area contributed by atoms with Crippen LogP contribution in [0.25, 0.3) is 11.3 Å². The highest BCUT2D eigenvalue weighted by atomic mass is 19.1. The zero-order valence-electron chi connectivity index (χ0n) is 21.4. The van der Waals surface area contributed by atoms with Gasteiger partial charge in [0.2, 0.25) is 5.95 Å². The molecule has 0 atom stereocenters. The number of anilines is 3. The van der Waals surface area contributed by atoms with Gasteiger partial charge in [-0.05, 0) is 44.7 Å². The Morgan fingerprint density at radius 1 is 1.11 bits per heavy atom. The molecule has 1 N–H and O–H groups in total. The number of pyridine rings is 1. The highest BCUT2D eigenvalue weighted by Crippen LogP contribution is 2.40. The van der Waals surface area contributed by atoms with E-state index in [1.54, 1.807) is 6.07 Å². The molecule has 5 rings (SSSR count). The molecule has 1 saturated heterocycles. The minimum atomic E-state index is -0.572. The highest BCUT2D eigenvalue weighted by Gasteiger charge is 2.25. The molecule has 0 bridgehead atoms. The van der Waals surface area contributed by atoms with E-state index in [1.165, 1.54) is 0 Å². The van der Waals surface area contributed by atoms with Gasteiger partial charge in [-0.25, -0.2) is 19.3 Å². The van der Waals surface area contributed by atoms with Gasteiger partial charge in [-0.2, -0.15) is 5.26 Å². The molecule has 3 aromatic rings. The van der Waals surface area contributed by atoms with Gasteiger partial charge in [-0.15, -0.1) is 0 Å². The number of hydrogen-bond donors (Lipinski definition) is 1. The number of piperazine rings is 1. The number of nitrogens with zero attached hydrogens (tertiary/aromatic N) is 7. The average molecular weight is 503 g/mol. The lowest BCUT2D eigenvalue weighted by Crippen LogP contribution is -2.43. The molecule has 10 heteroatoms. The molecule has 2 aliphatic heterocycles. The second-order valence-electron chi connectivity index (χ2n) is 9.77. The first-order valence-corrected chi connectivity index (χ1v) is 12.5. The molecule has 9 nitrogen and oxygen atoms in total. The van der Waals surface area contributed by atoms with Gasteiger partial charge in [0.25, 0.3) is 0 Å². The largest absolute Gasteiger partial charge is 0.488 e. The smallest absolute Gasteiger partial charge is 0.229 e. The Bertz CT molecular complexity index is 1300. The molecule has 0 radical (unpaired) electrons. The quantitative estimate of drug-likeness (QED) is 0.542. The first-order chi connectivity index (χ1) is 17.9. The van der Waals surface area contributed by atoms with Gasteiger partial charge in [0.05, 0.1) is 24.0 Å². The van der Waals surface area contributed by atoms with Crippen LogP contribution in [0, 0.1) is 17.1 Å². The summed E-state index contributed by atoms with van der Waals surface area (Å²) in [6.07, 6.45) is 2.98. The molecule has 2 aliphatic rings. The van der Waals surface area contributed by atoms with Crippen molar-refractivity contribution in [2.45, 2.75) is 26.4 Å². The predicted molar refractivity (Wildman–Crippen MR) is 140 cm³/mol. The Hall–Kier alpha value is -3.81. The van der Waals surface area contributed by atoms with Crippen LogP contribution in [-0.2, 0) is 6.54 Å². The molecule has 4 heterocycles. The monoisotopic (exact) mass is 502 g/mol. The number of aromatic nitrogens is 3. The van der Waals surface area contributed by atoms with E-state index in [9.17, 15) is 9.65 Å². The van der Waals surface area contributed by atoms with Gasteiger partial charge < -0.3 is 19.9 Å². The lowest BCUT2D eigenvalue weighted by Gasteiger charge is -2.35. The Morgan fingerprint density at radius 3 is 2.62 bits per heavy atom. The summed E-state index contributed by atoms with van der Waals surface area (Å²) < 4.78 is 20.7. The van der Waals surface area contributed by atoms with Crippen LogP contribution < -0.4 is 15.0 Å². The zero-order chi connectivity index (χ0) is 25.9. The summed E-state index contributed by atoms with van der Waals surface area (Å²) in [6.45, 7) is 10.4. The molecule has 0 amide bonds. The van der Waals surface area contributed by atoms with Crippen molar-refractivity contribution in [2.75, 3.05) is 56.6 Å². The third-order valence-corrected chi connectivity index (χ3v) is 6.79. The summed E-state index contributed by atoms with van der Waals surface area (Å²) in [4.78, 5) is 19.9. The van der Waals surface area contributed by atoms with Crippen molar-refractivity contribution in [3.63, 3.8) is 0 Å². The van der Waals surface area contributed by atoms with Crippen LogP contribution in [0.2, 0.25) is 0 Å². The van der Waals surface area contributed by atoms with Gasteiger partial charge in [-0.1, -0.05) is 6.07 Å². The van der Waals surface area contributed by atoms with Crippen molar-refractivity contribution in [3.8, 4) is 23.1 Å². The molecule has 0 unspecified atom stereocenters. The third kappa shape index (κ3) is 5.48. The SMILES string of the molecule is CC(C)N1CCOc2c(C#N)cc(-c3nc(Nc4ccc(CN5CCN(C)CC5)cn4)ncc3F)cc21. The minimum absolute atomic E-state index is 0.109. The summed E-state index contributed by atoms with van der Waals surface area (Å²) in [7, 11) is 2.14. The van der Waals surface area contributed by atoms with Crippen molar-refractivity contribution in [2.24, 2.45) is 0 Å². The van der Waals surface area contributed by atoms with E-state index < -0.39 is 5.82 Å². The highest BCUT2D eigenvalue weighted by molar-refractivity contribution is 5.76. The van der Waals surface area contributed by atoms with E-state index in [4.69, 9.17) is 4.74 Å². The maximum absolute atomic E-state index is 14.9. The molecule has 1 aromatic carbocycles. The number of halogens is 1. The summed E-state index contributed by atoms with van der Waals surface area (Å²) in [5, 5.41) is 12.8. The molecule has 37 heavy (non-hydrogen) atoms. The lowest BCUT2D eigenvalue weighted by molar-refractivity contribution is 0.148. The Kier molecular flexibility index (Phi) is 7.17. The third-order valence-electron chi connectivity index (χ3n) is 6.79. The Balaban J connectivity index is 1.37. The van der Waals surface area contributed by atoms with Crippen molar-refractivity contribution in [1.29, 1.82) is 5.26 Å². The topological polar surface area (TPSA) is 93.4 Å². The minimum Gasteiger partial charge on any atom is -0.488 e. The first kappa shape index (κ1) is 24.9. The van der Waals surface area contributed by atoms with Gasteiger partial charge in [0, 0.05) is 50.5 Å². The van der Waals surface area contributed by atoms with Crippen molar-refractivity contribution < 1.29 is 9.13 Å². The normalized spacial score (nSPS) is 16.3. The van der Waals surface area contributed by atoms with Crippen LogP contribution in [0.3, 0.4) is 0 Å². The molecule has 0 spiro atoms. The van der Waals surface area contributed by atoms with Gasteiger partial charge in [0.15, 0.2) is 11.6 Å². The standard InChI is InChI=1S/C27H31FN8O/c1-18(2)36-10-11-37-26-21(14-29)12-20(13-23(26)36)25-22(28)16-31-27(33-25)32-24-5-4-19(15-30-24)17-35-8-6-34(3)7-9-35/h4-5,12-13,15-16,18H,6-11,17H2,1-3H3,(H,30,31,32,33). The first-order valence-electron chi connectivity index (χ1n) is 12.5. The fraction of sp³-hybridized carbons (Fsp3) is 0.407. The summed E-state index contributed by atoms with van der Waals surface area (Å²) >= 11 is 0. The maximum atomic E-state index is 14.9. The molecule has 0 aliphatic carbocycles. The number of fused-ring (bicyclic) bond motifs is 1. The van der Waals surface area contributed by atoms with Crippen LogP contribution in [0.1, 0.15) is 25.0 Å². The number of rotatable bonds is 6. The number of likely N-dealkylation sites (N-methyl/N-ethyl adjacent to an activating group) is 1. The van der Waals surface area contributed by atoms with E-state index >= 15 is 0 Å². The van der Waals surface area contributed by atoms with Crippen LogP contribution in [-0.4, -0.2) is 77.2 Å². The van der Waals surface area contributed by atoms with E-state index in [0.717, 1.165) is 50.2 Å². The van der Waals surface area contributed by atoms with E-state index in [1.807, 2.05) is 24.4 Å². The van der Waals surface area contributed by atoms with Crippen molar-refractivity contribution in [3.05, 3.63) is 53.6 Å². The van der Waals surface area contributed by atoms with Crippen LogP contribution in [0.5, 0.6) is 5.75 Å². The van der Waals surface area contributed by atoms with E-state index in [2.05, 4.69) is 61.9 Å². The zero-order valence-corrected chi connectivity index (χ0v) is 21.4. The fourth-order valence-corrected chi connectivity index (χ4v) is 4.70. The fourth-order valence-electron chi connectivity index (χ4n) is 4.70. The molecular weight excluding hydrogens is 471 g/mol. The number of hydrogen-bond acceptors (Lipinski definition) is 9. The Labute approximate surface area is 216 Å². The maximum Gasteiger partial charge on any atom is 0.229 e. The number of ether oxygens (including phenoxy) is 1. The van der Waals surface area contributed by atoms with Gasteiger partial charge >= 0.3 is 0 Å².